The zero-order valence-electron chi connectivity index (χ0n) is 29.9. The number of anilines is 4. The number of fused-ring (bicyclic) bond motifs is 4. The van der Waals surface area contributed by atoms with Crippen molar-refractivity contribution >= 4 is 34.7 Å². The van der Waals surface area contributed by atoms with Gasteiger partial charge in [0.2, 0.25) is 11.9 Å². The lowest BCUT2D eigenvalue weighted by Crippen LogP contribution is -2.25. The predicted molar refractivity (Wildman–Crippen MR) is 220 cm³/mol. The molecule has 1 heterocycles. The molecule has 260 valence electrons. The van der Waals surface area contributed by atoms with E-state index in [1.54, 1.807) is 0 Å². The van der Waals surface area contributed by atoms with Crippen LogP contribution in [-0.2, 0) is 25.7 Å². The molecule has 0 radical (unpaired) electrons. The molecule has 0 bridgehead atoms. The maximum absolute atomic E-state index is 5.22. The first-order valence-electron chi connectivity index (χ1n) is 18.2. The van der Waals surface area contributed by atoms with Crippen molar-refractivity contribution in [2.75, 3.05) is 21.3 Å². The van der Waals surface area contributed by atoms with Crippen LogP contribution in [0.5, 0.6) is 0 Å². The van der Waals surface area contributed by atoms with E-state index in [0.717, 1.165) is 71.5 Å². The number of benzene rings is 6. The normalized spacial score (nSPS) is 14.4. The van der Waals surface area contributed by atoms with Crippen molar-refractivity contribution in [2.24, 2.45) is 9.98 Å². The average molecular weight is 683 g/mol. The molecule has 4 N–H and O–H groups in total. The smallest absolute Gasteiger partial charge is 0.200 e. The van der Waals surface area contributed by atoms with Gasteiger partial charge in [-0.25, -0.2) is 9.98 Å². The van der Waals surface area contributed by atoms with Gasteiger partial charge in [0.05, 0.1) is 12.1 Å². The summed E-state index contributed by atoms with van der Waals surface area (Å²) in [4.78, 5) is 10.4. The van der Waals surface area contributed by atoms with Crippen LogP contribution in [0.15, 0.2) is 168 Å². The highest BCUT2D eigenvalue weighted by atomic mass is 15.2. The number of hydrogen-bond acceptors (Lipinski definition) is 2. The molecule has 1 aliphatic heterocycles. The first-order chi connectivity index (χ1) is 25.6. The Hall–Kier alpha value is -6.14. The third-order valence-electron chi connectivity index (χ3n) is 9.62. The second kappa shape index (κ2) is 16.7. The molecule has 52 heavy (non-hydrogen) atoms. The summed E-state index contributed by atoms with van der Waals surface area (Å²) < 4.78 is 0. The highest BCUT2D eigenvalue weighted by Gasteiger charge is 2.15. The Balaban J connectivity index is 1.30. The minimum atomic E-state index is -0.0512. The zero-order valence-corrected chi connectivity index (χ0v) is 29.9. The summed E-state index contributed by atoms with van der Waals surface area (Å²) in [5.41, 5.74) is 11.3. The number of nitrogens with zero attached hydrogens (tertiary/aromatic N) is 2. The molecule has 0 saturated carbocycles. The maximum atomic E-state index is 5.22. The quantitative estimate of drug-likeness (QED) is 0.149. The molecule has 0 unspecified atom stereocenters. The fraction of sp³-hybridized carbons (Fsp3) is 0.174. The van der Waals surface area contributed by atoms with Gasteiger partial charge in [-0.1, -0.05) is 133 Å². The van der Waals surface area contributed by atoms with Crippen LogP contribution in [0.4, 0.5) is 22.7 Å². The molecule has 1 aliphatic rings. The van der Waals surface area contributed by atoms with Crippen molar-refractivity contribution in [3.63, 3.8) is 0 Å². The van der Waals surface area contributed by atoms with Crippen molar-refractivity contribution in [1.82, 2.24) is 0 Å². The fourth-order valence-corrected chi connectivity index (χ4v) is 6.68. The van der Waals surface area contributed by atoms with E-state index < -0.39 is 0 Å². The van der Waals surface area contributed by atoms with Crippen LogP contribution in [0, 0.1) is 0 Å². The van der Waals surface area contributed by atoms with Gasteiger partial charge in [-0.2, -0.15) is 0 Å². The summed E-state index contributed by atoms with van der Waals surface area (Å²) in [7, 11) is 0. The largest absolute Gasteiger partial charge is 0.326 e. The number of aryl methyl sites for hydroxylation is 4. The van der Waals surface area contributed by atoms with Crippen LogP contribution in [0.3, 0.4) is 0 Å². The molecule has 0 aliphatic carbocycles. The Bertz CT molecular complexity index is 1880. The van der Waals surface area contributed by atoms with Gasteiger partial charge >= 0.3 is 0 Å². The molecule has 6 aromatic carbocycles. The number of guanidine groups is 2. The van der Waals surface area contributed by atoms with E-state index >= 15 is 0 Å². The zero-order chi connectivity index (χ0) is 35.5. The van der Waals surface area contributed by atoms with Crippen molar-refractivity contribution in [3.05, 3.63) is 191 Å². The minimum absolute atomic E-state index is 0.0512. The molecular weight excluding hydrogens is 637 g/mol. The molecule has 0 spiro atoms. The summed E-state index contributed by atoms with van der Waals surface area (Å²) in [6.07, 6.45) is 3.35. The Labute approximate surface area is 307 Å². The standard InChI is InChI=1S/C46H46N6/c1-33(35-17-5-3-6-18-35)47-45-49-41-25-13-9-21-37(41)29-31-39-23-11-15-27-43(39)51-46(48-34(2)36-19-7-4-8-20-36)52-44-28-16-12-24-40(44)32-30-38-22-10-14-26-42(38)50-45/h3-28,33-34H,29-32H2,1-2H3,(H2,47,49,50)(H2,48,51,52)/t33-,34-/m0/s1. The van der Waals surface area contributed by atoms with Gasteiger partial charge in [0.25, 0.3) is 0 Å². The molecule has 0 fully saturated rings. The van der Waals surface area contributed by atoms with Crippen LogP contribution in [0.25, 0.3) is 0 Å². The summed E-state index contributed by atoms with van der Waals surface area (Å²) in [5, 5.41) is 14.9. The Morgan fingerprint density at radius 2 is 0.596 bits per heavy atom. The van der Waals surface area contributed by atoms with Crippen LogP contribution in [-0.4, -0.2) is 11.9 Å². The van der Waals surface area contributed by atoms with E-state index in [9.17, 15) is 0 Å². The number of hydrogen-bond donors (Lipinski definition) is 4. The number of para-hydroxylation sites is 4. The van der Waals surface area contributed by atoms with Crippen LogP contribution in [0.1, 0.15) is 59.3 Å². The Kier molecular flexibility index (Phi) is 11.0. The molecular formula is C46H46N6. The van der Waals surface area contributed by atoms with Crippen molar-refractivity contribution in [2.45, 2.75) is 51.6 Å². The first-order valence-corrected chi connectivity index (χ1v) is 18.2. The summed E-state index contributed by atoms with van der Waals surface area (Å²) in [6.45, 7) is 4.28. The van der Waals surface area contributed by atoms with E-state index in [1.807, 2.05) is 12.1 Å². The van der Waals surface area contributed by atoms with Gasteiger partial charge in [-0.15, -0.1) is 0 Å². The highest BCUT2D eigenvalue weighted by molar-refractivity contribution is 6.05. The lowest BCUT2D eigenvalue weighted by Gasteiger charge is -2.21. The number of aliphatic imine (C=N–C) groups is 2. The third-order valence-corrected chi connectivity index (χ3v) is 9.62. The van der Waals surface area contributed by atoms with Gasteiger partial charge in [0.1, 0.15) is 0 Å². The van der Waals surface area contributed by atoms with Gasteiger partial charge in [0, 0.05) is 22.7 Å². The molecule has 2 atom stereocenters. The number of rotatable bonds is 4. The summed E-state index contributed by atoms with van der Waals surface area (Å²) >= 11 is 0. The highest BCUT2D eigenvalue weighted by Crippen LogP contribution is 2.27. The van der Waals surface area contributed by atoms with E-state index in [2.05, 4.69) is 181 Å². The predicted octanol–water partition coefficient (Wildman–Crippen LogP) is 10.9. The monoisotopic (exact) mass is 682 g/mol. The van der Waals surface area contributed by atoms with E-state index in [-0.39, 0.29) is 12.1 Å². The van der Waals surface area contributed by atoms with Crippen molar-refractivity contribution < 1.29 is 0 Å². The average Bonchev–Trinajstić information content (AvgIpc) is 3.18. The van der Waals surface area contributed by atoms with E-state index in [4.69, 9.17) is 9.98 Å². The summed E-state index contributed by atoms with van der Waals surface area (Å²) in [6, 6.07) is 55.0. The van der Waals surface area contributed by atoms with Gasteiger partial charge < -0.3 is 21.3 Å². The third kappa shape index (κ3) is 8.77. The van der Waals surface area contributed by atoms with Crippen molar-refractivity contribution in [1.29, 1.82) is 0 Å². The van der Waals surface area contributed by atoms with E-state index in [1.165, 1.54) is 22.3 Å². The molecule has 7 rings (SSSR count). The van der Waals surface area contributed by atoms with Gasteiger partial charge in [0.15, 0.2) is 0 Å². The molecule has 0 aromatic heterocycles. The minimum Gasteiger partial charge on any atom is -0.326 e. The van der Waals surface area contributed by atoms with E-state index in [0.29, 0.717) is 0 Å². The van der Waals surface area contributed by atoms with Gasteiger partial charge in [-0.3, -0.25) is 0 Å². The lowest BCUT2D eigenvalue weighted by atomic mass is 10.0. The molecule has 0 saturated heterocycles. The fourth-order valence-electron chi connectivity index (χ4n) is 6.68. The molecule has 6 aromatic rings. The van der Waals surface area contributed by atoms with Crippen LogP contribution >= 0.6 is 0 Å². The second-order valence-electron chi connectivity index (χ2n) is 13.3. The van der Waals surface area contributed by atoms with Crippen molar-refractivity contribution in [3.8, 4) is 0 Å². The topological polar surface area (TPSA) is 72.8 Å². The Morgan fingerprint density at radius 1 is 0.346 bits per heavy atom. The number of nitrogens with one attached hydrogen (secondary N) is 4. The molecule has 6 nitrogen and oxygen atoms in total. The molecule has 0 amide bonds. The van der Waals surface area contributed by atoms with Crippen LogP contribution < -0.4 is 21.3 Å². The second-order valence-corrected chi connectivity index (χ2v) is 13.3. The molecule has 6 heteroatoms. The van der Waals surface area contributed by atoms with Gasteiger partial charge in [-0.05, 0) is 97.2 Å². The summed E-state index contributed by atoms with van der Waals surface area (Å²) in [5.74, 6) is 1.43. The SMILES string of the molecule is C[C@H](N=C1Nc2ccccc2CCc2ccccc2NC(=N[C@@H](C)c2ccccc2)Nc2ccccc2CCc2ccccc2N1)c1ccccc1. The lowest BCUT2D eigenvalue weighted by molar-refractivity contribution is 0.818. The maximum Gasteiger partial charge on any atom is 0.200 e. The Morgan fingerprint density at radius 3 is 0.885 bits per heavy atom. The first kappa shape index (κ1) is 34.3. The van der Waals surface area contributed by atoms with Crippen LogP contribution in [0.2, 0.25) is 0 Å².